The fourth-order valence-corrected chi connectivity index (χ4v) is 9.69. The molecule has 1 unspecified atom stereocenters. The van der Waals surface area contributed by atoms with Crippen molar-refractivity contribution in [1.29, 1.82) is 0 Å². The van der Waals surface area contributed by atoms with Gasteiger partial charge in [0.15, 0.2) is 5.13 Å². The second-order valence-electron chi connectivity index (χ2n) is 12.6. The number of rotatable bonds is 8. The van der Waals surface area contributed by atoms with Crippen LogP contribution in [0.25, 0.3) is 11.3 Å². The molecule has 1 N–H and O–H groups in total. The number of aromatic nitrogens is 3. The van der Waals surface area contributed by atoms with Gasteiger partial charge in [0.1, 0.15) is 10.6 Å². The number of hydrogen-bond donors (Lipinski definition) is 1. The first-order valence-corrected chi connectivity index (χ1v) is 18.5. The van der Waals surface area contributed by atoms with E-state index in [0.29, 0.717) is 60.9 Å². The highest BCUT2D eigenvalue weighted by Crippen LogP contribution is 2.39. The molecule has 244 valence electrons. The molecule has 4 heterocycles. The number of piperazine rings is 1. The van der Waals surface area contributed by atoms with Crippen molar-refractivity contribution in [3.8, 4) is 17.0 Å². The number of hydrogen-bond acceptors (Lipinski definition) is 8. The summed E-state index contributed by atoms with van der Waals surface area (Å²) in [6.07, 6.45) is 10.6. The minimum Gasteiger partial charge on any atom is -0.496 e. The molecule has 0 bridgehead atoms. The van der Waals surface area contributed by atoms with Crippen molar-refractivity contribution in [1.82, 2.24) is 28.9 Å². The first-order chi connectivity index (χ1) is 21.7. The number of aryl methyl sites for hydroxylation is 2. The van der Waals surface area contributed by atoms with Crippen LogP contribution in [0.1, 0.15) is 68.5 Å². The van der Waals surface area contributed by atoms with Crippen LogP contribution in [0.5, 0.6) is 5.75 Å². The Morgan fingerprint density at radius 2 is 1.80 bits per heavy atom. The van der Waals surface area contributed by atoms with Crippen molar-refractivity contribution in [2.75, 3.05) is 51.7 Å². The van der Waals surface area contributed by atoms with E-state index in [1.165, 1.54) is 49.0 Å². The molecular formula is C32H45N7O4S2. The van der Waals surface area contributed by atoms with Crippen LogP contribution < -0.4 is 10.1 Å². The molecule has 3 aromatic rings. The summed E-state index contributed by atoms with van der Waals surface area (Å²) in [5.74, 6) is 1.37. The third-order valence-electron chi connectivity index (χ3n) is 9.55. The van der Waals surface area contributed by atoms with Crippen molar-refractivity contribution in [2.45, 2.75) is 75.1 Å². The summed E-state index contributed by atoms with van der Waals surface area (Å²) in [6.45, 7) is 5.46. The number of piperidine rings is 1. The molecule has 3 aliphatic rings. The van der Waals surface area contributed by atoms with E-state index in [1.54, 1.807) is 36.3 Å². The fourth-order valence-electron chi connectivity index (χ4n) is 7.10. The predicted molar refractivity (Wildman–Crippen MR) is 176 cm³/mol. The molecule has 2 aliphatic heterocycles. The number of amides is 2. The molecule has 1 saturated carbocycles. The van der Waals surface area contributed by atoms with Gasteiger partial charge in [-0.1, -0.05) is 31.7 Å². The Morgan fingerprint density at radius 1 is 1.04 bits per heavy atom. The summed E-state index contributed by atoms with van der Waals surface area (Å²) in [4.78, 5) is 22.4. The van der Waals surface area contributed by atoms with Crippen molar-refractivity contribution < 1.29 is 17.9 Å². The lowest BCUT2D eigenvalue weighted by atomic mass is 9.83. The van der Waals surface area contributed by atoms with E-state index >= 15 is 0 Å². The molecule has 45 heavy (non-hydrogen) atoms. The zero-order chi connectivity index (χ0) is 31.6. The van der Waals surface area contributed by atoms with E-state index in [9.17, 15) is 13.2 Å². The second kappa shape index (κ2) is 13.8. The smallest absolute Gasteiger partial charge is 0.323 e. The molecule has 2 amide bonds. The summed E-state index contributed by atoms with van der Waals surface area (Å²) in [6, 6.07) is 6.18. The topological polar surface area (TPSA) is 113 Å². The molecule has 1 aliphatic carbocycles. The van der Waals surface area contributed by atoms with E-state index in [0.717, 1.165) is 36.3 Å². The van der Waals surface area contributed by atoms with Crippen LogP contribution >= 0.6 is 11.3 Å². The Bertz CT molecular complexity index is 1590. The first-order valence-electron chi connectivity index (χ1n) is 16.2. The molecule has 11 nitrogen and oxygen atoms in total. The molecule has 1 aromatic carbocycles. The van der Waals surface area contributed by atoms with E-state index < -0.39 is 10.0 Å². The van der Waals surface area contributed by atoms with Gasteiger partial charge >= 0.3 is 6.03 Å². The highest BCUT2D eigenvalue weighted by Gasteiger charge is 2.37. The molecule has 2 saturated heterocycles. The molecule has 0 spiro atoms. The number of carbonyl (C=O) groups excluding carboxylic acids is 1. The van der Waals surface area contributed by atoms with Gasteiger partial charge in [-0.2, -0.15) is 9.40 Å². The van der Waals surface area contributed by atoms with Crippen molar-refractivity contribution in [3.63, 3.8) is 0 Å². The monoisotopic (exact) mass is 655 g/mol. The lowest BCUT2D eigenvalue weighted by molar-refractivity contribution is 0.116. The third kappa shape index (κ3) is 7.06. The van der Waals surface area contributed by atoms with Gasteiger partial charge in [0.2, 0.25) is 10.0 Å². The normalized spacial score (nSPS) is 20.8. The van der Waals surface area contributed by atoms with Crippen LogP contribution in [0.3, 0.4) is 0 Å². The summed E-state index contributed by atoms with van der Waals surface area (Å²) in [5.41, 5.74) is 3.63. The number of nitrogens with zero attached hydrogens (tertiary/aromatic N) is 6. The number of thiazole rings is 1. The molecule has 1 atom stereocenters. The van der Waals surface area contributed by atoms with Crippen LogP contribution in [0.2, 0.25) is 0 Å². The minimum atomic E-state index is -3.63. The molecule has 2 aromatic heterocycles. The maximum Gasteiger partial charge on any atom is 0.323 e. The quantitative estimate of drug-likeness (QED) is 0.351. The van der Waals surface area contributed by atoms with Gasteiger partial charge in [0, 0.05) is 69.5 Å². The number of sulfonamides is 1. The highest BCUT2D eigenvalue weighted by atomic mass is 32.2. The summed E-state index contributed by atoms with van der Waals surface area (Å²) < 4.78 is 36.1. The Hall–Kier alpha value is -3.00. The lowest BCUT2D eigenvalue weighted by Gasteiger charge is -2.40. The summed E-state index contributed by atoms with van der Waals surface area (Å²) in [7, 11) is -0.199. The zero-order valence-electron chi connectivity index (χ0n) is 26.6. The van der Waals surface area contributed by atoms with Gasteiger partial charge < -0.3 is 9.64 Å². The fraction of sp³-hybridized carbons (Fsp3) is 0.594. The largest absolute Gasteiger partial charge is 0.496 e. The highest BCUT2D eigenvalue weighted by molar-refractivity contribution is 7.89. The average Bonchev–Trinajstić information content (AvgIpc) is 3.67. The molecule has 13 heteroatoms. The Balaban J connectivity index is 1.05. The van der Waals surface area contributed by atoms with Gasteiger partial charge in [-0.25, -0.2) is 18.2 Å². The molecule has 0 radical (unpaired) electrons. The van der Waals surface area contributed by atoms with Crippen LogP contribution in [-0.2, 0) is 17.1 Å². The van der Waals surface area contributed by atoms with Crippen molar-refractivity contribution in [2.24, 2.45) is 7.05 Å². The maximum atomic E-state index is 13.6. The molecular weight excluding hydrogens is 611 g/mol. The van der Waals surface area contributed by atoms with Gasteiger partial charge in [0.25, 0.3) is 0 Å². The van der Waals surface area contributed by atoms with Gasteiger partial charge in [-0.05, 0) is 56.2 Å². The average molecular weight is 656 g/mol. The van der Waals surface area contributed by atoms with Gasteiger partial charge in [-0.15, -0.1) is 11.3 Å². The second-order valence-corrected chi connectivity index (χ2v) is 15.3. The predicted octanol–water partition coefficient (Wildman–Crippen LogP) is 5.30. The molecule has 6 rings (SSSR count). The number of benzene rings is 1. The first kappa shape index (κ1) is 32.0. The standard InChI is InChI=1S/C32H45N7O4S2/c1-23-30(21-36(2)35-23)45(41,42)39-14-8-7-11-26(39)20-37-15-17-38(18-16-37)32(40)34-31-33-28(22-44-31)27-19-25(12-13-29(27)43-3)24-9-5-4-6-10-24/h12-13,19,21-22,24,26H,4-11,14-18,20H2,1-3H3,(H,33,34,40). The number of nitrogens with one attached hydrogen (secondary N) is 1. The third-order valence-corrected chi connectivity index (χ3v) is 12.4. The number of methoxy groups -OCH3 is 1. The Morgan fingerprint density at radius 3 is 2.51 bits per heavy atom. The Kier molecular flexibility index (Phi) is 9.79. The number of carbonyl (C=O) groups is 1. The number of urea groups is 1. The summed E-state index contributed by atoms with van der Waals surface area (Å²) in [5, 5.41) is 9.81. The minimum absolute atomic E-state index is 0.0916. The van der Waals surface area contributed by atoms with Crippen LogP contribution in [0.4, 0.5) is 9.93 Å². The van der Waals surface area contributed by atoms with Gasteiger partial charge in [0.05, 0.1) is 18.5 Å². The van der Waals surface area contributed by atoms with Crippen LogP contribution in [-0.4, -0.2) is 95.7 Å². The lowest BCUT2D eigenvalue weighted by Crippen LogP contribution is -2.55. The SMILES string of the molecule is COc1ccc(C2CCCCC2)cc1-c1csc(NC(=O)N2CCN(CC3CCCCN3S(=O)(=O)c3cn(C)nc3C)CC2)n1. The molecule has 3 fully saturated rings. The van der Waals surface area contributed by atoms with E-state index in [-0.39, 0.29) is 12.1 Å². The van der Waals surface area contributed by atoms with Crippen molar-refractivity contribution in [3.05, 3.63) is 41.0 Å². The number of ether oxygens (including phenoxy) is 1. The van der Waals surface area contributed by atoms with Crippen molar-refractivity contribution >= 4 is 32.5 Å². The van der Waals surface area contributed by atoms with E-state index in [1.807, 2.05) is 16.3 Å². The number of anilines is 1. The van der Waals surface area contributed by atoms with E-state index in [4.69, 9.17) is 9.72 Å². The summed E-state index contributed by atoms with van der Waals surface area (Å²) >= 11 is 1.42. The van der Waals surface area contributed by atoms with Crippen LogP contribution in [0, 0.1) is 6.92 Å². The van der Waals surface area contributed by atoms with Gasteiger partial charge in [-0.3, -0.25) is 14.9 Å². The maximum absolute atomic E-state index is 13.6. The zero-order valence-corrected chi connectivity index (χ0v) is 28.2. The van der Waals surface area contributed by atoms with Crippen LogP contribution in [0.15, 0.2) is 34.7 Å². The van der Waals surface area contributed by atoms with E-state index in [2.05, 4.69) is 27.4 Å². The Labute approximate surface area is 270 Å².